The van der Waals surface area contributed by atoms with E-state index in [-0.39, 0.29) is 18.6 Å². The Morgan fingerprint density at radius 2 is 2.07 bits per heavy atom. The molecule has 1 N–H and O–H groups in total. The summed E-state index contributed by atoms with van der Waals surface area (Å²) in [6.07, 6.45) is -0.122. The highest BCUT2D eigenvalue weighted by molar-refractivity contribution is 6.32. The lowest BCUT2D eigenvalue weighted by Crippen LogP contribution is -2.43. The Morgan fingerprint density at radius 1 is 1.30 bits per heavy atom. The largest absolute Gasteiger partial charge is 0.495 e. The van der Waals surface area contributed by atoms with Crippen LogP contribution in [0.15, 0.2) is 42.5 Å². The van der Waals surface area contributed by atoms with Crippen LogP contribution in [0.2, 0.25) is 5.02 Å². The van der Waals surface area contributed by atoms with Crippen molar-refractivity contribution in [2.24, 2.45) is 0 Å². The third-order valence-electron chi connectivity index (χ3n) is 4.28. The van der Waals surface area contributed by atoms with E-state index in [2.05, 4.69) is 5.32 Å². The van der Waals surface area contributed by atoms with Gasteiger partial charge >= 0.3 is 0 Å². The molecule has 144 valence electrons. The summed E-state index contributed by atoms with van der Waals surface area (Å²) in [5, 5.41) is 3.31. The monoisotopic (exact) mass is 390 g/mol. The maximum Gasteiger partial charge on any atom is 0.238 e. The van der Waals surface area contributed by atoms with Crippen molar-refractivity contribution < 1.29 is 19.0 Å². The fourth-order valence-corrected chi connectivity index (χ4v) is 3.15. The second kappa shape index (κ2) is 8.97. The van der Waals surface area contributed by atoms with E-state index < -0.39 is 0 Å². The van der Waals surface area contributed by atoms with Crippen LogP contribution in [-0.2, 0) is 4.79 Å². The van der Waals surface area contributed by atoms with Gasteiger partial charge in [0.1, 0.15) is 18.5 Å². The average Bonchev–Trinajstić information content (AvgIpc) is 2.67. The Labute approximate surface area is 164 Å². The zero-order chi connectivity index (χ0) is 19.2. The van der Waals surface area contributed by atoms with E-state index in [9.17, 15) is 4.79 Å². The van der Waals surface area contributed by atoms with Crippen LogP contribution in [0.5, 0.6) is 17.2 Å². The number of hydrogen-bond acceptors (Lipinski definition) is 5. The van der Waals surface area contributed by atoms with Gasteiger partial charge in [0, 0.05) is 12.2 Å². The normalized spacial score (nSPS) is 15.5. The van der Waals surface area contributed by atoms with Gasteiger partial charge in [-0.3, -0.25) is 9.69 Å². The Kier molecular flexibility index (Phi) is 6.42. The van der Waals surface area contributed by atoms with Crippen molar-refractivity contribution in [2.75, 3.05) is 38.7 Å². The lowest BCUT2D eigenvalue weighted by molar-refractivity contribution is -0.117. The summed E-state index contributed by atoms with van der Waals surface area (Å²) in [6.45, 7) is 4.04. The molecule has 1 aliphatic heterocycles. The SMILES string of the molecule is CCN(CC(=O)Nc1ccc(OC)c(Cl)c1)CC1COc2ccccc2O1. The molecule has 0 bridgehead atoms. The summed E-state index contributed by atoms with van der Waals surface area (Å²) in [7, 11) is 1.55. The predicted molar refractivity (Wildman–Crippen MR) is 105 cm³/mol. The first-order valence-electron chi connectivity index (χ1n) is 8.83. The number of halogens is 1. The molecule has 27 heavy (non-hydrogen) atoms. The third-order valence-corrected chi connectivity index (χ3v) is 4.57. The Balaban J connectivity index is 1.54. The number of fused-ring (bicyclic) bond motifs is 1. The number of benzene rings is 2. The maximum atomic E-state index is 12.4. The molecule has 0 fully saturated rings. The molecule has 3 rings (SSSR count). The molecular formula is C20H23ClN2O4. The van der Waals surface area contributed by atoms with E-state index in [1.54, 1.807) is 25.3 Å². The van der Waals surface area contributed by atoms with Crippen LogP contribution in [0.3, 0.4) is 0 Å². The molecule has 0 radical (unpaired) electrons. The number of anilines is 1. The van der Waals surface area contributed by atoms with Gasteiger partial charge in [0.25, 0.3) is 0 Å². The van der Waals surface area contributed by atoms with Gasteiger partial charge in [-0.2, -0.15) is 0 Å². The van der Waals surface area contributed by atoms with E-state index in [1.807, 2.05) is 36.1 Å². The fraction of sp³-hybridized carbons (Fsp3) is 0.350. The van der Waals surface area contributed by atoms with Gasteiger partial charge < -0.3 is 19.5 Å². The Morgan fingerprint density at radius 3 is 2.78 bits per heavy atom. The second-order valence-corrected chi connectivity index (χ2v) is 6.63. The zero-order valence-electron chi connectivity index (χ0n) is 15.4. The van der Waals surface area contributed by atoms with Crippen LogP contribution >= 0.6 is 11.6 Å². The fourth-order valence-electron chi connectivity index (χ4n) is 2.89. The molecule has 6 nitrogen and oxygen atoms in total. The lowest BCUT2D eigenvalue weighted by Gasteiger charge is -2.30. The van der Waals surface area contributed by atoms with E-state index in [1.165, 1.54) is 0 Å². The first kappa shape index (κ1) is 19.3. The number of carbonyl (C=O) groups is 1. The second-order valence-electron chi connectivity index (χ2n) is 6.22. The molecule has 2 aromatic rings. The van der Waals surface area contributed by atoms with Gasteiger partial charge in [-0.1, -0.05) is 30.7 Å². The number of nitrogens with zero attached hydrogens (tertiary/aromatic N) is 1. The zero-order valence-corrected chi connectivity index (χ0v) is 16.2. The summed E-state index contributed by atoms with van der Waals surface area (Å²) >= 11 is 6.10. The predicted octanol–water partition coefficient (Wildman–Crippen LogP) is 3.45. The maximum absolute atomic E-state index is 12.4. The van der Waals surface area contributed by atoms with Crippen LogP contribution < -0.4 is 19.5 Å². The highest BCUT2D eigenvalue weighted by atomic mass is 35.5. The standard InChI is InChI=1S/C20H23ClN2O4/c1-3-23(11-15-13-26-18-6-4-5-7-19(18)27-15)12-20(24)22-14-8-9-17(25-2)16(21)10-14/h4-10,15H,3,11-13H2,1-2H3,(H,22,24). The van der Waals surface area contributed by atoms with Crippen LogP contribution in [0.25, 0.3) is 0 Å². The molecule has 1 amide bonds. The van der Waals surface area contributed by atoms with Crippen LogP contribution in [0.4, 0.5) is 5.69 Å². The van der Waals surface area contributed by atoms with E-state index >= 15 is 0 Å². The molecule has 2 aromatic carbocycles. The van der Waals surface area contributed by atoms with Crippen molar-refractivity contribution in [3.05, 3.63) is 47.5 Å². The molecule has 7 heteroatoms. The number of carbonyl (C=O) groups excluding carboxylic acids is 1. The summed E-state index contributed by atoms with van der Waals surface area (Å²) in [4.78, 5) is 14.4. The first-order valence-corrected chi connectivity index (χ1v) is 9.21. The van der Waals surface area contributed by atoms with Crippen LogP contribution in [0, 0.1) is 0 Å². The van der Waals surface area contributed by atoms with Crippen LogP contribution in [-0.4, -0.2) is 50.3 Å². The van der Waals surface area contributed by atoms with Crippen molar-refractivity contribution in [1.82, 2.24) is 4.90 Å². The number of methoxy groups -OCH3 is 1. The van der Waals surface area contributed by atoms with Crippen LogP contribution in [0.1, 0.15) is 6.92 Å². The van der Waals surface area contributed by atoms with Crippen molar-refractivity contribution in [3.8, 4) is 17.2 Å². The van der Waals surface area contributed by atoms with Crippen molar-refractivity contribution in [2.45, 2.75) is 13.0 Å². The minimum atomic E-state index is -0.122. The smallest absolute Gasteiger partial charge is 0.238 e. The Hall–Kier alpha value is -2.44. The van der Waals surface area contributed by atoms with Crippen molar-refractivity contribution in [1.29, 1.82) is 0 Å². The van der Waals surface area contributed by atoms with Crippen molar-refractivity contribution >= 4 is 23.2 Å². The molecule has 0 saturated carbocycles. The number of ether oxygens (including phenoxy) is 3. The quantitative estimate of drug-likeness (QED) is 0.784. The third kappa shape index (κ3) is 5.05. The molecule has 1 aliphatic rings. The summed E-state index contributed by atoms with van der Waals surface area (Å²) in [5.41, 5.74) is 0.632. The highest BCUT2D eigenvalue weighted by Gasteiger charge is 2.23. The summed E-state index contributed by atoms with van der Waals surface area (Å²) in [5.74, 6) is 1.95. The van der Waals surface area contributed by atoms with Crippen molar-refractivity contribution in [3.63, 3.8) is 0 Å². The number of amides is 1. The number of likely N-dealkylation sites (N-methyl/N-ethyl adjacent to an activating group) is 1. The van der Waals surface area contributed by atoms with Gasteiger partial charge in [-0.25, -0.2) is 0 Å². The van der Waals surface area contributed by atoms with Gasteiger partial charge in [0.05, 0.1) is 18.7 Å². The van der Waals surface area contributed by atoms with Gasteiger partial charge in [0.15, 0.2) is 11.5 Å². The van der Waals surface area contributed by atoms with E-state index in [0.29, 0.717) is 29.6 Å². The molecule has 0 saturated heterocycles. The Bertz CT molecular complexity index is 799. The highest BCUT2D eigenvalue weighted by Crippen LogP contribution is 2.31. The lowest BCUT2D eigenvalue weighted by atomic mass is 10.2. The number of rotatable bonds is 7. The number of para-hydroxylation sites is 2. The van der Waals surface area contributed by atoms with E-state index in [0.717, 1.165) is 18.0 Å². The van der Waals surface area contributed by atoms with Gasteiger partial charge in [-0.15, -0.1) is 0 Å². The number of hydrogen-bond donors (Lipinski definition) is 1. The molecule has 0 aliphatic carbocycles. The summed E-state index contributed by atoms with van der Waals surface area (Å²) in [6, 6.07) is 12.7. The topological polar surface area (TPSA) is 60.0 Å². The molecule has 1 atom stereocenters. The summed E-state index contributed by atoms with van der Waals surface area (Å²) < 4.78 is 16.8. The van der Waals surface area contributed by atoms with Gasteiger partial charge in [-0.05, 0) is 36.9 Å². The average molecular weight is 391 g/mol. The van der Waals surface area contributed by atoms with Gasteiger partial charge in [0.2, 0.25) is 5.91 Å². The molecule has 0 spiro atoms. The molecular weight excluding hydrogens is 368 g/mol. The first-order chi connectivity index (χ1) is 13.1. The van der Waals surface area contributed by atoms with E-state index in [4.69, 9.17) is 25.8 Å². The molecule has 1 unspecified atom stereocenters. The minimum absolute atomic E-state index is 0.116. The number of nitrogens with one attached hydrogen (secondary N) is 1. The minimum Gasteiger partial charge on any atom is -0.495 e. The molecule has 0 aromatic heterocycles. The molecule has 1 heterocycles.